The Hall–Kier alpha value is -1.49. The number of nitrogens with zero attached hydrogens (tertiary/aromatic N) is 1. The quantitative estimate of drug-likeness (QED) is 0.755. The Morgan fingerprint density at radius 1 is 1.60 bits per heavy atom. The fourth-order valence-electron chi connectivity index (χ4n) is 0.892. The number of thiocarbonyl (C=S) groups is 1. The molecular weight excluding hydrogens is 210 g/mol. The van der Waals surface area contributed by atoms with Crippen molar-refractivity contribution in [1.82, 2.24) is 15.5 Å². The van der Waals surface area contributed by atoms with E-state index in [9.17, 15) is 0 Å². The summed E-state index contributed by atoms with van der Waals surface area (Å²) in [7, 11) is 3.74. The normalized spacial score (nSPS) is 9.47. The van der Waals surface area contributed by atoms with Crippen molar-refractivity contribution >= 4 is 17.3 Å². The van der Waals surface area contributed by atoms with Gasteiger partial charge in [-0.25, -0.2) is 0 Å². The van der Waals surface area contributed by atoms with Gasteiger partial charge in [0.2, 0.25) is 0 Å². The van der Waals surface area contributed by atoms with Crippen LogP contribution < -0.4 is 10.6 Å². The maximum atomic E-state index is 5.16. The lowest BCUT2D eigenvalue weighted by atomic mass is 10.4. The Balaban J connectivity index is 2.28. The molecule has 0 aliphatic heterocycles. The standard InChI is InChI=1S/C10H15N3OS/c1-8(12-10(15)13(2)3)11-7-9-5-4-6-14-9/h4-6,11H,1,7H2,2-3H3,(H,12,15). The van der Waals surface area contributed by atoms with Crippen molar-refractivity contribution in [2.24, 2.45) is 0 Å². The van der Waals surface area contributed by atoms with Gasteiger partial charge in [-0.15, -0.1) is 0 Å². The van der Waals surface area contributed by atoms with Gasteiger partial charge in [0.05, 0.1) is 18.6 Å². The van der Waals surface area contributed by atoms with Crippen molar-refractivity contribution in [2.45, 2.75) is 6.54 Å². The molecule has 4 nitrogen and oxygen atoms in total. The van der Waals surface area contributed by atoms with Crippen LogP contribution in [-0.4, -0.2) is 24.1 Å². The number of hydrogen-bond acceptors (Lipinski definition) is 3. The summed E-state index contributed by atoms with van der Waals surface area (Å²) in [4.78, 5) is 1.80. The van der Waals surface area contributed by atoms with E-state index in [-0.39, 0.29) is 0 Å². The molecule has 0 saturated heterocycles. The van der Waals surface area contributed by atoms with Crippen LogP contribution in [0.1, 0.15) is 5.76 Å². The summed E-state index contributed by atoms with van der Waals surface area (Å²) in [6, 6.07) is 3.74. The predicted octanol–water partition coefficient (Wildman–Crippen LogP) is 1.28. The van der Waals surface area contributed by atoms with Crippen LogP contribution in [-0.2, 0) is 6.54 Å². The van der Waals surface area contributed by atoms with Gasteiger partial charge in [-0.05, 0) is 24.4 Å². The Labute approximate surface area is 94.9 Å². The molecule has 0 amide bonds. The van der Waals surface area contributed by atoms with Crippen LogP contribution in [0.5, 0.6) is 0 Å². The molecule has 1 aromatic rings. The fraction of sp³-hybridized carbons (Fsp3) is 0.300. The lowest BCUT2D eigenvalue weighted by Crippen LogP contribution is -2.37. The van der Waals surface area contributed by atoms with Crippen molar-refractivity contribution in [2.75, 3.05) is 14.1 Å². The van der Waals surface area contributed by atoms with Crippen LogP contribution in [0.25, 0.3) is 0 Å². The van der Waals surface area contributed by atoms with Gasteiger partial charge in [0.1, 0.15) is 5.76 Å². The molecule has 0 bridgehead atoms. The van der Waals surface area contributed by atoms with E-state index in [1.807, 2.05) is 26.2 Å². The summed E-state index contributed by atoms with van der Waals surface area (Å²) in [5.41, 5.74) is 0. The van der Waals surface area contributed by atoms with Crippen molar-refractivity contribution in [3.8, 4) is 0 Å². The molecular formula is C10H15N3OS. The van der Waals surface area contributed by atoms with Gasteiger partial charge < -0.3 is 20.0 Å². The van der Waals surface area contributed by atoms with Gasteiger partial charge in [0, 0.05) is 14.1 Å². The second-order valence-corrected chi connectivity index (χ2v) is 3.62. The highest BCUT2D eigenvalue weighted by molar-refractivity contribution is 7.80. The third kappa shape index (κ3) is 4.03. The minimum atomic E-state index is 0.592. The molecule has 0 saturated carbocycles. The zero-order valence-electron chi connectivity index (χ0n) is 8.91. The van der Waals surface area contributed by atoms with E-state index in [0.717, 1.165) is 5.76 Å². The molecule has 0 fully saturated rings. The van der Waals surface area contributed by atoms with Gasteiger partial charge in [-0.1, -0.05) is 6.58 Å². The van der Waals surface area contributed by atoms with Crippen LogP contribution >= 0.6 is 12.2 Å². The summed E-state index contributed by atoms with van der Waals surface area (Å²) < 4.78 is 5.16. The molecule has 0 radical (unpaired) electrons. The fourth-order valence-corrected chi connectivity index (χ4v) is 1.02. The van der Waals surface area contributed by atoms with Gasteiger partial charge in [-0.3, -0.25) is 0 Å². The van der Waals surface area contributed by atoms with Crippen LogP contribution in [0.3, 0.4) is 0 Å². The number of hydrogen-bond donors (Lipinski definition) is 2. The molecule has 0 aliphatic rings. The van der Waals surface area contributed by atoms with Crippen LogP contribution in [0.15, 0.2) is 35.2 Å². The third-order valence-corrected chi connectivity index (χ3v) is 2.19. The topological polar surface area (TPSA) is 40.4 Å². The van der Waals surface area contributed by atoms with Gasteiger partial charge >= 0.3 is 0 Å². The van der Waals surface area contributed by atoms with Gasteiger partial charge in [0.15, 0.2) is 5.11 Å². The maximum Gasteiger partial charge on any atom is 0.173 e. The lowest BCUT2D eigenvalue weighted by Gasteiger charge is -2.17. The van der Waals surface area contributed by atoms with E-state index in [1.165, 1.54) is 0 Å². The molecule has 0 aliphatic carbocycles. The second kappa shape index (κ2) is 5.41. The van der Waals surface area contributed by atoms with Crippen LogP contribution in [0.2, 0.25) is 0 Å². The van der Waals surface area contributed by atoms with Crippen molar-refractivity contribution in [1.29, 1.82) is 0 Å². The molecule has 15 heavy (non-hydrogen) atoms. The van der Waals surface area contributed by atoms with E-state index < -0.39 is 0 Å². The summed E-state index contributed by atoms with van der Waals surface area (Å²) in [6.45, 7) is 4.39. The Bertz CT molecular complexity index is 332. The second-order valence-electron chi connectivity index (χ2n) is 3.24. The molecule has 1 heterocycles. The first-order valence-electron chi connectivity index (χ1n) is 4.53. The molecule has 0 unspecified atom stereocenters. The largest absolute Gasteiger partial charge is 0.467 e. The first-order chi connectivity index (χ1) is 7.09. The van der Waals surface area contributed by atoms with E-state index in [2.05, 4.69) is 17.2 Å². The minimum Gasteiger partial charge on any atom is -0.467 e. The number of rotatable bonds is 4. The maximum absolute atomic E-state index is 5.16. The molecule has 1 rings (SSSR count). The average molecular weight is 225 g/mol. The predicted molar refractivity (Wildman–Crippen MR) is 64.1 cm³/mol. The summed E-state index contributed by atoms with van der Waals surface area (Å²) >= 11 is 5.06. The minimum absolute atomic E-state index is 0.592. The highest BCUT2D eigenvalue weighted by Gasteiger charge is 2.00. The zero-order valence-corrected chi connectivity index (χ0v) is 9.73. The average Bonchev–Trinajstić information content (AvgIpc) is 2.66. The Morgan fingerprint density at radius 3 is 2.87 bits per heavy atom. The van der Waals surface area contributed by atoms with E-state index in [0.29, 0.717) is 17.5 Å². The molecule has 2 N–H and O–H groups in total. The highest BCUT2D eigenvalue weighted by atomic mass is 32.1. The summed E-state index contributed by atoms with van der Waals surface area (Å²) in [5.74, 6) is 1.51. The molecule has 1 aromatic heterocycles. The van der Waals surface area contributed by atoms with Gasteiger partial charge in [-0.2, -0.15) is 0 Å². The van der Waals surface area contributed by atoms with Crippen molar-refractivity contribution in [3.05, 3.63) is 36.6 Å². The molecule has 0 aromatic carbocycles. The highest BCUT2D eigenvalue weighted by Crippen LogP contribution is 1.99. The molecule has 0 atom stereocenters. The molecule has 0 spiro atoms. The van der Waals surface area contributed by atoms with E-state index in [4.69, 9.17) is 16.6 Å². The van der Waals surface area contributed by atoms with Gasteiger partial charge in [0.25, 0.3) is 0 Å². The SMILES string of the molecule is C=C(NCc1ccco1)NC(=S)N(C)C. The number of nitrogens with one attached hydrogen (secondary N) is 2. The van der Waals surface area contributed by atoms with Crippen molar-refractivity contribution in [3.63, 3.8) is 0 Å². The smallest absolute Gasteiger partial charge is 0.173 e. The van der Waals surface area contributed by atoms with Crippen LogP contribution in [0, 0.1) is 0 Å². The lowest BCUT2D eigenvalue weighted by molar-refractivity contribution is 0.493. The Morgan fingerprint density at radius 2 is 2.33 bits per heavy atom. The first kappa shape index (κ1) is 11.6. The van der Waals surface area contributed by atoms with Crippen molar-refractivity contribution < 1.29 is 4.42 Å². The molecule has 82 valence electrons. The van der Waals surface area contributed by atoms with E-state index in [1.54, 1.807) is 11.2 Å². The molecule has 5 heteroatoms. The Kier molecular flexibility index (Phi) is 4.17. The van der Waals surface area contributed by atoms with Crippen LogP contribution in [0.4, 0.5) is 0 Å². The van der Waals surface area contributed by atoms with E-state index >= 15 is 0 Å². The summed E-state index contributed by atoms with van der Waals surface area (Å²) in [5, 5.41) is 6.63. The monoisotopic (exact) mass is 225 g/mol. The number of furan rings is 1. The first-order valence-corrected chi connectivity index (χ1v) is 4.94. The summed E-state index contributed by atoms with van der Waals surface area (Å²) in [6.07, 6.45) is 1.64. The third-order valence-electron chi connectivity index (χ3n) is 1.72. The zero-order chi connectivity index (χ0) is 11.3.